The molecule has 0 unspecified atom stereocenters. The largest absolute Gasteiger partial charge is 0.462 e. The molecule has 0 aliphatic carbocycles. The summed E-state index contributed by atoms with van der Waals surface area (Å²) in [4.78, 5) is 15.9. The SMILES string of the molecule is CCOC(=O)c1ccc(NC(=S)Nc2ncn(Cc3cccc(Cl)c3)n2)cc1. The molecular weight excluding hydrogens is 398 g/mol. The number of carbonyl (C=O) groups excluding carboxylic acids is 1. The third kappa shape index (κ3) is 5.51. The Bertz CT molecular complexity index is 974. The molecule has 9 heteroatoms. The van der Waals surface area contributed by atoms with Gasteiger partial charge in [-0.15, -0.1) is 5.10 Å². The number of anilines is 2. The minimum Gasteiger partial charge on any atom is -0.462 e. The number of thiocarbonyl (C=S) groups is 1. The Kier molecular flexibility index (Phi) is 6.57. The molecule has 2 aromatic carbocycles. The first-order valence-electron chi connectivity index (χ1n) is 8.52. The molecule has 0 fully saturated rings. The molecule has 0 saturated carbocycles. The third-order valence-electron chi connectivity index (χ3n) is 3.65. The molecule has 3 aromatic rings. The van der Waals surface area contributed by atoms with Crippen molar-refractivity contribution in [3.8, 4) is 0 Å². The van der Waals surface area contributed by atoms with E-state index in [4.69, 9.17) is 28.6 Å². The second kappa shape index (κ2) is 9.29. The van der Waals surface area contributed by atoms with E-state index in [0.717, 1.165) is 11.3 Å². The molecule has 0 amide bonds. The van der Waals surface area contributed by atoms with Gasteiger partial charge in [-0.05, 0) is 61.1 Å². The quantitative estimate of drug-likeness (QED) is 0.465. The Morgan fingerprint density at radius 1 is 1.21 bits per heavy atom. The van der Waals surface area contributed by atoms with Crippen LogP contribution in [0.5, 0.6) is 0 Å². The first kappa shape index (κ1) is 19.8. The number of hydrogen-bond acceptors (Lipinski definition) is 5. The monoisotopic (exact) mass is 415 g/mol. The zero-order chi connectivity index (χ0) is 19.9. The lowest BCUT2D eigenvalue weighted by molar-refractivity contribution is 0.0526. The van der Waals surface area contributed by atoms with Crippen molar-refractivity contribution < 1.29 is 9.53 Å². The van der Waals surface area contributed by atoms with Crippen molar-refractivity contribution in [2.45, 2.75) is 13.5 Å². The molecule has 0 spiro atoms. The zero-order valence-corrected chi connectivity index (χ0v) is 16.6. The highest BCUT2D eigenvalue weighted by Crippen LogP contribution is 2.13. The molecule has 0 atom stereocenters. The van der Waals surface area contributed by atoms with Crippen molar-refractivity contribution in [3.63, 3.8) is 0 Å². The van der Waals surface area contributed by atoms with Crippen molar-refractivity contribution >= 4 is 46.5 Å². The van der Waals surface area contributed by atoms with Crippen LogP contribution in [0.1, 0.15) is 22.8 Å². The van der Waals surface area contributed by atoms with E-state index in [-0.39, 0.29) is 5.97 Å². The maximum atomic E-state index is 11.7. The number of nitrogens with one attached hydrogen (secondary N) is 2. The van der Waals surface area contributed by atoms with Gasteiger partial charge < -0.3 is 10.1 Å². The van der Waals surface area contributed by atoms with Crippen LogP contribution >= 0.6 is 23.8 Å². The lowest BCUT2D eigenvalue weighted by Crippen LogP contribution is -2.20. The predicted octanol–water partition coefficient (Wildman–Crippen LogP) is 3.97. The number of nitrogens with zero attached hydrogens (tertiary/aromatic N) is 3. The van der Waals surface area contributed by atoms with E-state index in [1.165, 1.54) is 0 Å². The van der Waals surface area contributed by atoms with Gasteiger partial charge in [0.2, 0.25) is 5.95 Å². The van der Waals surface area contributed by atoms with Gasteiger partial charge in [-0.2, -0.15) is 0 Å². The fourth-order valence-electron chi connectivity index (χ4n) is 2.42. The van der Waals surface area contributed by atoms with Crippen LogP contribution in [0.3, 0.4) is 0 Å². The van der Waals surface area contributed by atoms with E-state index >= 15 is 0 Å². The van der Waals surface area contributed by atoms with Crippen LogP contribution in [0.25, 0.3) is 0 Å². The minimum atomic E-state index is -0.357. The molecule has 28 heavy (non-hydrogen) atoms. The average Bonchev–Trinajstić information content (AvgIpc) is 3.09. The van der Waals surface area contributed by atoms with Crippen molar-refractivity contribution in [1.82, 2.24) is 14.8 Å². The number of esters is 1. The summed E-state index contributed by atoms with van der Waals surface area (Å²) in [7, 11) is 0. The number of hydrogen-bond donors (Lipinski definition) is 2. The molecule has 0 radical (unpaired) electrons. The van der Waals surface area contributed by atoms with E-state index in [1.807, 2.05) is 24.3 Å². The van der Waals surface area contributed by atoms with Crippen LogP contribution in [-0.4, -0.2) is 32.5 Å². The van der Waals surface area contributed by atoms with E-state index in [9.17, 15) is 4.79 Å². The smallest absolute Gasteiger partial charge is 0.338 e. The molecule has 7 nitrogen and oxygen atoms in total. The topological polar surface area (TPSA) is 81.1 Å². The Morgan fingerprint density at radius 3 is 2.71 bits per heavy atom. The van der Waals surface area contributed by atoms with Crippen molar-refractivity contribution in [2.75, 3.05) is 17.2 Å². The number of aromatic nitrogens is 3. The number of halogens is 1. The van der Waals surface area contributed by atoms with Gasteiger partial charge in [-0.25, -0.2) is 14.5 Å². The lowest BCUT2D eigenvalue weighted by atomic mass is 10.2. The lowest BCUT2D eigenvalue weighted by Gasteiger charge is -2.08. The molecule has 1 aromatic heterocycles. The standard InChI is InChI=1S/C19H18ClN5O2S/c1-2-27-17(26)14-6-8-16(9-7-14)22-19(28)23-18-21-12-25(24-18)11-13-4-3-5-15(20)10-13/h3-10,12H,2,11H2,1H3,(H2,22,23,24,28). The Labute approximate surface area is 172 Å². The molecule has 2 N–H and O–H groups in total. The molecule has 3 rings (SSSR count). The summed E-state index contributed by atoms with van der Waals surface area (Å²) >= 11 is 11.3. The van der Waals surface area contributed by atoms with Gasteiger partial charge in [0, 0.05) is 10.7 Å². The first-order chi connectivity index (χ1) is 13.5. The molecule has 1 heterocycles. The molecule has 0 saturated heterocycles. The molecule has 0 aliphatic rings. The summed E-state index contributed by atoms with van der Waals surface area (Å²) in [5.74, 6) is 0.0202. The average molecular weight is 416 g/mol. The minimum absolute atomic E-state index is 0.337. The van der Waals surface area contributed by atoms with Gasteiger partial charge in [0.05, 0.1) is 18.7 Å². The highest BCUT2D eigenvalue weighted by molar-refractivity contribution is 7.80. The molecular formula is C19H18ClN5O2S. The van der Waals surface area contributed by atoms with E-state index < -0.39 is 0 Å². The van der Waals surface area contributed by atoms with E-state index in [0.29, 0.717) is 34.8 Å². The summed E-state index contributed by atoms with van der Waals surface area (Å²) in [6.07, 6.45) is 1.61. The van der Waals surface area contributed by atoms with Gasteiger partial charge in [-0.1, -0.05) is 23.7 Å². The van der Waals surface area contributed by atoms with Crippen LogP contribution < -0.4 is 10.6 Å². The van der Waals surface area contributed by atoms with Gasteiger partial charge in [0.25, 0.3) is 0 Å². The summed E-state index contributed by atoms with van der Waals surface area (Å²) in [5, 5.41) is 11.3. The number of benzene rings is 2. The summed E-state index contributed by atoms with van der Waals surface area (Å²) in [6, 6.07) is 14.4. The van der Waals surface area contributed by atoms with Gasteiger partial charge >= 0.3 is 5.97 Å². The fraction of sp³-hybridized carbons (Fsp3) is 0.158. The first-order valence-corrected chi connectivity index (χ1v) is 9.31. The molecule has 0 bridgehead atoms. The Hall–Kier alpha value is -2.97. The van der Waals surface area contributed by atoms with Gasteiger partial charge in [0.15, 0.2) is 5.11 Å². The summed E-state index contributed by atoms with van der Waals surface area (Å²) < 4.78 is 6.64. The van der Waals surface area contributed by atoms with Crippen LogP contribution in [0.15, 0.2) is 54.9 Å². The van der Waals surface area contributed by atoms with Crippen molar-refractivity contribution in [1.29, 1.82) is 0 Å². The number of carbonyl (C=O) groups is 1. The second-order valence-corrected chi connectivity index (χ2v) is 6.62. The Morgan fingerprint density at radius 2 is 2.00 bits per heavy atom. The van der Waals surface area contributed by atoms with Crippen molar-refractivity contribution in [3.05, 3.63) is 71.0 Å². The molecule has 144 valence electrons. The van der Waals surface area contributed by atoms with Crippen molar-refractivity contribution in [2.24, 2.45) is 0 Å². The fourth-order valence-corrected chi connectivity index (χ4v) is 2.84. The van der Waals surface area contributed by atoms with Gasteiger partial charge in [-0.3, -0.25) is 5.32 Å². The number of rotatable bonds is 6. The predicted molar refractivity (Wildman–Crippen MR) is 113 cm³/mol. The van der Waals surface area contributed by atoms with Crippen LogP contribution in [0.4, 0.5) is 11.6 Å². The highest BCUT2D eigenvalue weighted by atomic mass is 35.5. The molecule has 0 aliphatic heterocycles. The summed E-state index contributed by atoms with van der Waals surface area (Å²) in [5.41, 5.74) is 2.22. The maximum absolute atomic E-state index is 11.7. The third-order valence-corrected chi connectivity index (χ3v) is 4.09. The van der Waals surface area contributed by atoms with Crippen LogP contribution in [-0.2, 0) is 11.3 Å². The normalized spacial score (nSPS) is 10.4. The van der Waals surface area contributed by atoms with Gasteiger partial charge in [0.1, 0.15) is 6.33 Å². The Balaban J connectivity index is 1.55. The van der Waals surface area contributed by atoms with Crippen LogP contribution in [0, 0.1) is 0 Å². The highest BCUT2D eigenvalue weighted by Gasteiger charge is 2.07. The maximum Gasteiger partial charge on any atom is 0.338 e. The number of ether oxygens (including phenoxy) is 1. The zero-order valence-electron chi connectivity index (χ0n) is 15.1. The second-order valence-electron chi connectivity index (χ2n) is 5.77. The summed E-state index contributed by atoms with van der Waals surface area (Å²) in [6.45, 7) is 2.65. The van der Waals surface area contributed by atoms with E-state index in [1.54, 1.807) is 42.2 Å². The van der Waals surface area contributed by atoms with Crippen LogP contribution in [0.2, 0.25) is 5.02 Å². The van der Waals surface area contributed by atoms with E-state index in [2.05, 4.69) is 20.7 Å².